The Hall–Kier alpha value is -0.880. The molecule has 1 saturated heterocycles. The molecule has 2 rings (SSSR count). The first-order chi connectivity index (χ1) is 8.85. The molecule has 4 nitrogen and oxygen atoms in total. The van der Waals surface area contributed by atoms with E-state index in [4.69, 9.17) is 0 Å². The fraction of sp³-hybridized carbons (Fsp3) is 0.462. The van der Waals surface area contributed by atoms with Crippen LogP contribution in [0.2, 0.25) is 0 Å². The first-order valence-electron chi connectivity index (χ1n) is 6.12. The number of amides is 1. The van der Waals surface area contributed by atoms with E-state index in [0.29, 0.717) is 6.42 Å². The number of aryl methyl sites for hydroxylation is 1. The lowest BCUT2D eigenvalue weighted by Crippen LogP contribution is -2.17. The number of nitrogens with one attached hydrogen (secondary N) is 1. The molecular formula is C13H16BrNO3S. The maximum atomic E-state index is 11.9. The Bertz CT molecular complexity index is 598. The summed E-state index contributed by atoms with van der Waals surface area (Å²) in [4.78, 5) is 11.9. The molecule has 0 saturated carbocycles. The number of halogens is 1. The van der Waals surface area contributed by atoms with Gasteiger partial charge in [0.1, 0.15) is 0 Å². The lowest BCUT2D eigenvalue weighted by molar-refractivity contribution is -0.116. The van der Waals surface area contributed by atoms with Crippen molar-refractivity contribution in [3.05, 3.63) is 28.2 Å². The van der Waals surface area contributed by atoms with Gasteiger partial charge in [0.25, 0.3) is 0 Å². The first-order valence-corrected chi connectivity index (χ1v) is 8.73. The predicted octanol–water partition coefficient (Wildman–Crippen LogP) is 2.52. The van der Waals surface area contributed by atoms with Gasteiger partial charge >= 0.3 is 0 Å². The van der Waals surface area contributed by atoms with E-state index >= 15 is 0 Å². The molecule has 0 aromatic heterocycles. The first kappa shape index (κ1) is 14.5. The Labute approximate surface area is 121 Å². The van der Waals surface area contributed by atoms with Crippen LogP contribution in [0.5, 0.6) is 0 Å². The summed E-state index contributed by atoms with van der Waals surface area (Å²) in [6.45, 7) is 1.92. The Balaban J connectivity index is 1.95. The van der Waals surface area contributed by atoms with E-state index in [1.54, 1.807) is 0 Å². The SMILES string of the molecule is Cc1cc(Br)ccc1NC(=O)CC1CCS(=O)(=O)C1. The fourth-order valence-corrected chi connectivity index (χ4v) is 4.60. The average Bonchev–Trinajstić information content (AvgIpc) is 2.62. The summed E-state index contributed by atoms with van der Waals surface area (Å²) in [6, 6.07) is 5.63. The second kappa shape index (κ2) is 5.63. The third-order valence-electron chi connectivity index (χ3n) is 3.26. The second-order valence-electron chi connectivity index (χ2n) is 4.98. The molecule has 6 heteroatoms. The van der Waals surface area contributed by atoms with Gasteiger partial charge in [-0.15, -0.1) is 0 Å². The summed E-state index contributed by atoms with van der Waals surface area (Å²) < 4.78 is 23.6. The number of carbonyl (C=O) groups excluding carboxylic acids is 1. The Kier molecular flexibility index (Phi) is 4.30. The van der Waals surface area contributed by atoms with E-state index in [2.05, 4.69) is 21.2 Å². The summed E-state index contributed by atoms with van der Waals surface area (Å²) in [7, 11) is -2.91. The molecule has 1 fully saturated rings. The highest BCUT2D eigenvalue weighted by atomic mass is 79.9. The number of rotatable bonds is 3. The molecule has 1 aliphatic heterocycles. The Morgan fingerprint density at radius 3 is 2.79 bits per heavy atom. The minimum atomic E-state index is -2.91. The monoisotopic (exact) mass is 345 g/mol. The van der Waals surface area contributed by atoms with Crippen LogP contribution in [0.15, 0.2) is 22.7 Å². The molecule has 1 atom stereocenters. The molecule has 1 unspecified atom stereocenters. The minimum absolute atomic E-state index is 0.0410. The van der Waals surface area contributed by atoms with Crippen LogP contribution < -0.4 is 5.32 Å². The van der Waals surface area contributed by atoms with Crippen molar-refractivity contribution in [2.75, 3.05) is 16.8 Å². The number of hydrogen-bond donors (Lipinski definition) is 1. The van der Waals surface area contributed by atoms with E-state index < -0.39 is 9.84 Å². The van der Waals surface area contributed by atoms with Crippen molar-refractivity contribution in [1.82, 2.24) is 0 Å². The van der Waals surface area contributed by atoms with Crippen molar-refractivity contribution in [1.29, 1.82) is 0 Å². The summed E-state index contributed by atoms with van der Waals surface area (Å²) in [5.41, 5.74) is 1.75. The van der Waals surface area contributed by atoms with Gasteiger partial charge in [-0.3, -0.25) is 4.79 Å². The van der Waals surface area contributed by atoms with Crippen molar-refractivity contribution >= 4 is 37.4 Å². The second-order valence-corrected chi connectivity index (χ2v) is 8.13. The normalized spacial score (nSPS) is 21.3. The molecule has 1 aromatic rings. The van der Waals surface area contributed by atoms with Crippen molar-refractivity contribution in [3.63, 3.8) is 0 Å². The quantitative estimate of drug-likeness (QED) is 0.915. The van der Waals surface area contributed by atoms with Crippen LogP contribution in [-0.4, -0.2) is 25.8 Å². The van der Waals surface area contributed by atoms with Crippen molar-refractivity contribution < 1.29 is 13.2 Å². The van der Waals surface area contributed by atoms with Gasteiger partial charge in [-0.05, 0) is 43.0 Å². The lowest BCUT2D eigenvalue weighted by Gasteiger charge is -2.11. The maximum Gasteiger partial charge on any atom is 0.224 e. The summed E-state index contributed by atoms with van der Waals surface area (Å²) in [5.74, 6) is 0.190. The number of benzene rings is 1. The predicted molar refractivity (Wildman–Crippen MR) is 78.9 cm³/mol. The topological polar surface area (TPSA) is 63.2 Å². The molecule has 0 bridgehead atoms. The molecule has 104 valence electrons. The average molecular weight is 346 g/mol. The third-order valence-corrected chi connectivity index (χ3v) is 5.59. The van der Waals surface area contributed by atoms with Gasteiger partial charge in [-0.1, -0.05) is 15.9 Å². The number of anilines is 1. The zero-order valence-electron chi connectivity index (χ0n) is 10.6. The van der Waals surface area contributed by atoms with E-state index in [9.17, 15) is 13.2 Å². The highest BCUT2D eigenvalue weighted by molar-refractivity contribution is 9.10. The standard InChI is InChI=1S/C13H16BrNO3S/c1-9-6-11(14)2-3-12(9)15-13(16)7-10-4-5-19(17,18)8-10/h2-3,6,10H,4-5,7-8H2,1H3,(H,15,16). The maximum absolute atomic E-state index is 11.9. The molecule has 0 radical (unpaired) electrons. The van der Waals surface area contributed by atoms with Crippen LogP contribution in [0, 0.1) is 12.8 Å². The number of sulfone groups is 1. The van der Waals surface area contributed by atoms with Gasteiger partial charge in [-0.25, -0.2) is 8.42 Å². The van der Waals surface area contributed by atoms with Gasteiger partial charge in [-0.2, -0.15) is 0 Å². The smallest absolute Gasteiger partial charge is 0.224 e. The highest BCUT2D eigenvalue weighted by Gasteiger charge is 2.29. The van der Waals surface area contributed by atoms with Gasteiger partial charge < -0.3 is 5.32 Å². The Morgan fingerprint density at radius 1 is 1.47 bits per heavy atom. The lowest BCUT2D eigenvalue weighted by atomic mass is 10.0. The summed E-state index contributed by atoms with van der Waals surface area (Å²) in [6.07, 6.45) is 0.865. The molecule has 1 amide bonds. The van der Waals surface area contributed by atoms with E-state index in [0.717, 1.165) is 15.7 Å². The molecule has 1 N–H and O–H groups in total. The van der Waals surface area contributed by atoms with Gasteiger partial charge in [0.05, 0.1) is 11.5 Å². The van der Waals surface area contributed by atoms with Crippen LogP contribution in [0.3, 0.4) is 0 Å². The molecule has 1 aliphatic rings. The fourth-order valence-electron chi connectivity index (χ4n) is 2.26. The third kappa shape index (κ3) is 4.04. The number of hydrogen-bond acceptors (Lipinski definition) is 3. The van der Waals surface area contributed by atoms with Crippen LogP contribution in [0.25, 0.3) is 0 Å². The summed E-state index contributed by atoms with van der Waals surface area (Å²) in [5, 5.41) is 2.84. The molecule has 0 aliphatic carbocycles. The van der Waals surface area contributed by atoms with Gasteiger partial charge in [0.15, 0.2) is 9.84 Å². The van der Waals surface area contributed by atoms with E-state index in [1.165, 1.54) is 0 Å². The number of carbonyl (C=O) groups is 1. The highest BCUT2D eigenvalue weighted by Crippen LogP contribution is 2.24. The zero-order valence-corrected chi connectivity index (χ0v) is 13.1. The van der Waals surface area contributed by atoms with Crippen molar-refractivity contribution in [3.8, 4) is 0 Å². The molecule has 19 heavy (non-hydrogen) atoms. The molecule has 0 spiro atoms. The van der Waals surface area contributed by atoms with Crippen LogP contribution in [0.1, 0.15) is 18.4 Å². The van der Waals surface area contributed by atoms with Crippen LogP contribution >= 0.6 is 15.9 Å². The summed E-state index contributed by atoms with van der Waals surface area (Å²) >= 11 is 3.37. The van der Waals surface area contributed by atoms with Crippen LogP contribution in [-0.2, 0) is 14.6 Å². The van der Waals surface area contributed by atoms with E-state index in [1.807, 2.05) is 25.1 Å². The Morgan fingerprint density at radius 2 is 2.21 bits per heavy atom. The minimum Gasteiger partial charge on any atom is -0.326 e. The zero-order chi connectivity index (χ0) is 14.0. The van der Waals surface area contributed by atoms with E-state index in [-0.39, 0.29) is 29.8 Å². The van der Waals surface area contributed by atoms with Gasteiger partial charge in [0.2, 0.25) is 5.91 Å². The molecular weight excluding hydrogens is 330 g/mol. The van der Waals surface area contributed by atoms with Gasteiger partial charge in [0, 0.05) is 16.6 Å². The van der Waals surface area contributed by atoms with Crippen molar-refractivity contribution in [2.45, 2.75) is 19.8 Å². The van der Waals surface area contributed by atoms with Crippen LogP contribution in [0.4, 0.5) is 5.69 Å². The van der Waals surface area contributed by atoms with Crippen molar-refractivity contribution in [2.24, 2.45) is 5.92 Å². The molecule has 1 heterocycles. The molecule has 1 aromatic carbocycles. The largest absolute Gasteiger partial charge is 0.326 e.